The molecular weight excluding hydrogens is 164 g/mol. The molecule has 4 unspecified atom stereocenters. The SMILES string of the molecule is CC1CCC2(CC2C(=O)O)C(C)C1. The molecule has 2 nitrogen and oxygen atoms in total. The first-order valence-corrected chi connectivity index (χ1v) is 5.29. The zero-order valence-corrected chi connectivity index (χ0v) is 8.42. The van der Waals surface area contributed by atoms with Gasteiger partial charge in [0, 0.05) is 0 Å². The van der Waals surface area contributed by atoms with Crippen LogP contribution < -0.4 is 0 Å². The molecule has 0 heterocycles. The van der Waals surface area contributed by atoms with Crippen molar-refractivity contribution in [1.29, 1.82) is 0 Å². The Hall–Kier alpha value is -0.530. The van der Waals surface area contributed by atoms with Crippen molar-refractivity contribution in [1.82, 2.24) is 0 Å². The normalized spacial score (nSPS) is 49.2. The van der Waals surface area contributed by atoms with Gasteiger partial charge in [0.05, 0.1) is 5.92 Å². The second kappa shape index (κ2) is 2.73. The zero-order chi connectivity index (χ0) is 9.64. The van der Waals surface area contributed by atoms with Crippen LogP contribution in [0.4, 0.5) is 0 Å². The molecule has 0 amide bonds. The summed E-state index contributed by atoms with van der Waals surface area (Å²) in [5, 5.41) is 8.95. The quantitative estimate of drug-likeness (QED) is 0.676. The van der Waals surface area contributed by atoms with E-state index in [1.807, 2.05) is 0 Å². The molecule has 1 N–H and O–H groups in total. The van der Waals surface area contributed by atoms with Crippen molar-refractivity contribution >= 4 is 5.97 Å². The van der Waals surface area contributed by atoms with Crippen molar-refractivity contribution in [3.8, 4) is 0 Å². The van der Waals surface area contributed by atoms with E-state index in [1.54, 1.807) is 0 Å². The molecule has 1 spiro atoms. The van der Waals surface area contributed by atoms with Gasteiger partial charge in [0.15, 0.2) is 0 Å². The molecule has 2 fully saturated rings. The summed E-state index contributed by atoms with van der Waals surface area (Å²) in [5.74, 6) is 0.837. The first kappa shape index (κ1) is 9.04. The summed E-state index contributed by atoms with van der Waals surface area (Å²) >= 11 is 0. The molecule has 4 atom stereocenters. The fourth-order valence-electron chi connectivity index (χ4n) is 3.19. The van der Waals surface area contributed by atoms with Crippen LogP contribution in [0, 0.1) is 23.2 Å². The predicted molar refractivity (Wildman–Crippen MR) is 50.4 cm³/mol. The van der Waals surface area contributed by atoms with Crippen molar-refractivity contribution < 1.29 is 9.90 Å². The Bertz CT molecular complexity index is 236. The van der Waals surface area contributed by atoms with Gasteiger partial charge in [-0.3, -0.25) is 4.79 Å². The Labute approximate surface area is 79.3 Å². The Balaban J connectivity index is 2.06. The minimum atomic E-state index is -0.568. The average molecular weight is 182 g/mol. The topological polar surface area (TPSA) is 37.3 Å². The summed E-state index contributed by atoms with van der Waals surface area (Å²) in [6.07, 6.45) is 4.54. The van der Waals surface area contributed by atoms with Gasteiger partial charge in [-0.1, -0.05) is 20.3 Å². The second-order valence-electron chi connectivity index (χ2n) is 5.11. The Morgan fingerprint density at radius 3 is 2.62 bits per heavy atom. The van der Waals surface area contributed by atoms with Crippen LogP contribution in [0.15, 0.2) is 0 Å². The first-order chi connectivity index (χ1) is 6.06. The molecule has 0 bridgehead atoms. The largest absolute Gasteiger partial charge is 0.481 e. The minimum absolute atomic E-state index is 0.0185. The van der Waals surface area contributed by atoms with E-state index in [2.05, 4.69) is 13.8 Å². The van der Waals surface area contributed by atoms with Crippen molar-refractivity contribution in [2.24, 2.45) is 23.2 Å². The maximum Gasteiger partial charge on any atom is 0.307 e. The smallest absolute Gasteiger partial charge is 0.307 e. The molecular formula is C11H18O2. The highest BCUT2D eigenvalue weighted by Gasteiger charge is 2.61. The molecule has 0 aromatic heterocycles. The van der Waals surface area contributed by atoms with Crippen LogP contribution in [0.3, 0.4) is 0 Å². The Kier molecular flexibility index (Phi) is 1.90. The first-order valence-electron chi connectivity index (χ1n) is 5.29. The summed E-state index contributed by atoms with van der Waals surface area (Å²) in [6.45, 7) is 4.51. The summed E-state index contributed by atoms with van der Waals surface area (Å²) in [5.41, 5.74) is 0.207. The summed E-state index contributed by atoms with van der Waals surface area (Å²) in [6, 6.07) is 0. The summed E-state index contributed by atoms with van der Waals surface area (Å²) in [4.78, 5) is 10.9. The number of rotatable bonds is 1. The van der Waals surface area contributed by atoms with E-state index in [1.165, 1.54) is 12.8 Å². The van der Waals surface area contributed by atoms with Crippen LogP contribution in [-0.4, -0.2) is 11.1 Å². The number of hydrogen-bond donors (Lipinski definition) is 1. The van der Waals surface area contributed by atoms with Gasteiger partial charge in [0.2, 0.25) is 0 Å². The van der Waals surface area contributed by atoms with E-state index >= 15 is 0 Å². The molecule has 2 heteroatoms. The van der Waals surface area contributed by atoms with Crippen LogP contribution in [0.25, 0.3) is 0 Å². The van der Waals surface area contributed by atoms with Crippen LogP contribution in [0.1, 0.15) is 39.5 Å². The molecule has 2 rings (SSSR count). The van der Waals surface area contributed by atoms with Gasteiger partial charge in [0.25, 0.3) is 0 Å². The Morgan fingerprint density at radius 1 is 1.46 bits per heavy atom. The lowest BCUT2D eigenvalue weighted by atomic mass is 9.72. The molecule has 2 aliphatic carbocycles. The van der Waals surface area contributed by atoms with Crippen molar-refractivity contribution in [2.75, 3.05) is 0 Å². The fourth-order valence-corrected chi connectivity index (χ4v) is 3.19. The number of carbonyl (C=O) groups is 1. The fraction of sp³-hybridized carbons (Fsp3) is 0.909. The van der Waals surface area contributed by atoms with Gasteiger partial charge in [-0.2, -0.15) is 0 Å². The van der Waals surface area contributed by atoms with Gasteiger partial charge in [-0.05, 0) is 36.5 Å². The van der Waals surface area contributed by atoms with E-state index < -0.39 is 5.97 Å². The number of hydrogen-bond acceptors (Lipinski definition) is 1. The van der Waals surface area contributed by atoms with Gasteiger partial charge < -0.3 is 5.11 Å². The van der Waals surface area contributed by atoms with E-state index in [-0.39, 0.29) is 11.3 Å². The number of carboxylic acid groups (broad SMARTS) is 1. The number of aliphatic carboxylic acids is 1. The lowest BCUT2D eigenvalue weighted by Crippen LogP contribution is -2.26. The molecule has 0 saturated heterocycles. The van der Waals surface area contributed by atoms with Crippen molar-refractivity contribution in [2.45, 2.75) is 39.5 Å². The highest BCUT2D eigenvalue weighted by atomic mass is 16.4. The molecule has 0 aliphatic heterocycles. The van der Waals surface area contributed by atoms with E-state index in [0.29, 0.717) is 5.92 Å². The third-order valence-corrected chi connectivity index (χ3v) is 4.26. The Morgan fingerprint density at radius 2 is 2.15 bits per heavy atom. The minimum Gasteiger partial charge on any atom is -0.481 e. The van der Waals surface area contributed by atoms with Gasteiger partial charge in [-0.25, -0.2) is 0 Å². The van der Waals surface area contributed by atoms with Crippen LogP contribution in [-0.2, 0) is 4.79 Å². The third kappa shape index (κ3) is 1.27. The highest BCUT2D eigenvalue weighted by molar-refractivity contribution is 5.74. The van der Waals surface area contributed by atoms with Gasteiger partial charge in [-0.15, -0.1) is 0 Å². The highest BCUT2D eigenvalue weighted by Crippen LogP contribution is 2.64. The predicted octanol–water partition coefficient (Wildman–Crippen LogP) is 2.53. The van der Waals surface area contributed by atoms with E-state index in [0.717, 1.165) is 18.8 Å². The molecule has 74 valence electrons. The molecule has 0 aromatic rings. The zero-order valence-electron chi connectivity index (χ0n) is 8.42. The molecule has 2 saturated carbocycles. The second-order valence-corrected chi connectivity index (χ2v) is 5.11. The molecule has 0 radical (unpaired) electrons. The maximum absolute atomic E-state index is 10.9. The number of carboxylic acids is 1. The molecule has 13 heavy (non-hydrogen) atoms. The lowest BCUT2D eigenvalue weighted by Gasteiger charge is -2.33. The van der Waals surface area contributed by atoms with E-state index in [4.69, 9.17) is 5.11 Å². The third-order valence-electron chi connectivity index (χ3n) is 4.26. The maximum atomic E-state index is 10.9. The van der Waals surface area contributed by atoms with E-state index in [9.17, 15) is 4.79 Å². The lowest BCUT2D eigenvalue weighted by molar-refractivity contribution is -0.140. The standard InChI is InChI=1S/C11H18O2/c1-7-3-4-11(8(2)5-7)6-9(11)10(12)13/h7-9H,3-6H2,1-2H3,(H,12,13). The van der Waals surface area contributed by atoms with Crippen LogP contribution >= 0.6 is 0 Å². The van der Waals surface area contributed by atoms with Gasteiger partial charge in [0.1, 0.15) is 0 Å². The monoisotopic (exact) mass is 182 g/mol. The van der Waals surface area contributed by atoms with Crippen LogP contribution in [0.5, 0.6) is 0 Å². The summed E-state index contributed by atoms with van der Waals surface area (Å²) < 4.78 is 0. The van der Waals surface area contributed by atoms with Gasteiger partial charge >= 0.3 is 5.97 Å². The van der Waals surface area contributed by atoms with Crippen molar-refractivity contribution in [3.63, 3.8) is 0 Å². The van der Waals surface area contributed by atoms with Crippen LogP contribution in [0.2, 0.25) is 0 Å². The molecule has 0 aromatic carbocycles. The molecule has 2 aliphatic rings. The van der Waals surface area contributed by atoms with Crippen molar-refractivity contribution in [3.05, 3.63) is 0 Å². The summed E-state index contributed by atoms with van der Waals surface area (Å²) in [7, 11) is 0. The average Bonchev–Trinajstić information content (AvgIpc) is 2.74.